The Hall–Kier alpha value is -1.80. The first-order valence-electron chi connectivity index (χ1n) is 7.77. The smallest absolute Gasteiger partial charge is 0.127 e. The zero-order chi connectivity index (χ0) is 15.1. The Morgan fingerprint density at radius 2 is 1.52 bits per heavy atom. The van der Waals surface area contributed by atoms with Crippen LogP contribution in [0, 0.1) is 0 Å². The molecule has 21 heavy (non-hydrogen) atoms. The van der Waals surface area contributed by atoms with E-state index in [1.165, 1.54) is 5.56 Å². The average molecular weight is 283 g/mol. The van der Waals surface area contributed by atoms with Gasteiger partial charge in [-0.3, -0.25) is 0 Å². The van der Waals surface area contributed by atoms with Gasteiger partial charge in [0, 0.05) is 6.04 Å². The van der Waals surface area contributed by atoms with Crippen molar-refractivity contribution in [3.63, 3.8) is 0 Å². The fourth-order valence-electron chi connectivity index (χ4n) is 2.50. The highest BCUT2D eigenvalue weighted by molar-refractivity contribution is 5.34. The topological polar surface area (TPSA) is 35.2 Å². The molecule has 0 saturated carbocycles. The van der Waals surface area contributed by atoms with E-state index in [0.717, 1.165) is 30.8 Å². The van der Waals surface area contributed by atoms with Crippen LogP contribution in [0.5, 0.6) is 11.5 Å². The first kappa shape index (κ1) is 15.6. The van der Waals surface area contributed by atoms with Gasteiger partial charge in [-0.15, -0.1) is 0 Å². The highest BCUT2D eigenvalue weighted by atomic mass is 16.5. The Kier molecular flexibility index (Phi) is 5.82. The Bertz CT molecular complexity index is 519. The van der Waals surface area contributed by atoms with E-state index in [0.29, 0.717) is 5.92 Å². The van der Waals surface area contributed by atoms with Gasteiger partial charge in [-0.05, 0) is 61.9 Å². The summed E-state index contributed by atoms with van der Waals surface area (Å²) >= 11 is 0. The third kappa shape index (κ3) is 4.91. The van der Waals surface area contributed by atoms with Crippen LogP contribution in [0.2, 0.25) is 0 Å². The molecule has 2 rings (SSSR count). The van der Waals surface area contributed by atoms with Gasteiger partial charge in [0.15, 0.2) is 0 Å². The van der Waals surface area contributed by atoms with Crippen LogP contribution in [-0.4, -0.2) is 6.04 Å². The molecule has 112 valence electrons. The average Bonchev–Trinajstić information content (AvgIpc) is 2.50. The van der Waals surface area contributed by atoms with Gasteiger partial charge in [0.25, 0.3) is 0 Å². The van der Waals surface area contributed by atoms with Crippen LogP contribution in [0.4, 0.5) is 0 Å². The zero-order valence-corrected chi connectivity index (χ0v) is 13.0. The van der Waals surface area contributed by atoms with Crippen molar-refractivity contribution in [2.45, 2.75) is 45.1 Å². The molecular formula is C19H25NO. The van der Waals surface area contributed by atoms with Crippen LogP contribution >= 0.6 is 0 Å². The molecule has 2 aromatic carbocycles. The normalized spacial score (nSPS) is 13.7. The maximum Gasteiger partial charge on any atom is 0.127 e. The quantitative estimate of drug-likeness (QED) is 0.767. The Morgan fingerprint density at radius 3 is 2.10 bits per heavy atom. The van der Waals surface area contributed by atoms with Crippen molar-refractivity contribution in [1.29, 1.82) is 0 Å². The van der Waals surface area contributed by atoms with Crippen LogP contribution in [0.1, 0.15) is 44.6 Å². The van der Waals surface area contributed by atoms with Gasteiger partial charge in [-0.25, -0.2) is 0 Å². The molecule has 0 amide bonds. The van der Waals surface area contributed by atoms with E-state index in [2.05, 4.69) is 38.1 Å². The summed E-state index contributed by atoms with van der Waals surface area (Å²) in [5, 5.41) is 0. The summed E-state index contributed by atoms with van der Waals surface area (Å²) in [6, 6.07) is 18.6. The Morgan fingerprint density at radius 1 is 0.905 bits per heavy atom. The van der Waals surface area contributed by atoms with Crippen molar-refractivity contribution >= 4 is 0 Å². The fraction of sp³-hybridized carbons (Fsp3) is 0.368. The van der Waals surface area contributed by atoms with Crippen LogP contribution in [-0.2, 0) is 0 Å². The lowest BCUT2D eigenvalue weighted by Crippen LogP contribution is -2.15. The molecule has 2 N–H and O–H groups in total. The summed E-state index contributed by atoms with van der Waals surface area (Å²) in [7, 11) is 0. The number of ether oxygens (including phenoxy) is 1. The summed E-state index contributed by atoms with van der Waals surface area (Å²) in [4.78, 5) is 0. The third-order valence-electron chi connectivity index (χ3n) is 3.79. The molecule has 0 heterocycles. The molecule has 0 aromatic heterocycles. The highest BCUT2D eigenvalue weighted by Crippen LogP contribution is 2.28. The van der Waals surface area contributed by atoms with Crippen LogP contribution in [0.15, 0.2) is 54.6 Å². The Balaban J connectivity index is 2.00. The minimum Gasteiger partial charge on any atom is -0.457 e. The van der Waals surface area contributed by atoms with Gasteiger partial charge in [0.05, 0.1) is 0 Å². The van der Waals surface area contributed by atoms with E-state index in [9.17, 15) is 0 Å². The number of nitrogens with two attached hydrogens (primary N) is 1. The van der Waals surface area contributed by atoms with Gasteiger partial charge < -0.3 is 10.5 Å². The summed E-state index contributed by atoms with van der Waals surface area (Å²) in [5.41, 5.74) is 7.24. The molecule has 0 aliphatic heterocycles. The second-order valence-electron chi connectivity index (χ2n) is 5.64. The van der Waals surface area contributed by atoms with Gasteiger partial charge in [0.1, 0.15) is 11.5 Å². The van der Waals surface area contributed by atoms with Gasteiger partial charge in [-0.2, -0.15) is 0 Å². The molecule has 0 saturated heterocycles. The highest BCUT2D eigenvalue weighted by Gasteiger charge is 2.10. The zero-order valence-electron chi connectivity index (χ0n) is 13.0. The molecule has 0 spiro atoms. The molecule has 0 aliphatic carbocycles. The first-order chi connectivity index (χ1) is 10.2. The molecule has 0 radical (unpaired) electrons. The van der Waals surface area contributed by atoms with E-state index in [4.69, 9.17) is 10.5 Å². The number of hydrogen-bond acceptors (Lipinski definition) is 2. The molecule has 2 unspecified atom stereocenters. The minimum absolute atomic E-state index is 0.278. The fourth-order valence-corrected chi connectivity index (χ4v) is 2.50. The van der Waals surface area contributed by atoms with E-state index in [1.54, 1.807) is 0 Å². The van der Waals surface area contributed by atoms with Crippen molar-refractivity contribution in [3.8, 4) is 11.5 Å². The molecular weight excluding hydrogens is 258 g/mol. The number of para-hydroxylation sites is 1. The predicted octanol–water partition coefficient (Wildman–Crippen LogP) is 5.10. The predicted molar refractivity (Wildman–Crippen MR) is 88.9 cm³/mol. The van der Waals surface area contributed by atoms with Crippen molar-refractivity contribution in [3.05, 3.63) is 60.2 Å². The summed E-state index contributed by atoms with van der Waals surface area (Å²) in [6.45, 7) is 4.31. The van der Waals surface area contributed by atoms with Crippen LogP contribution in [0.25, 0.3) is 0 Å². The molecule has 2 heteroatoms. The molecule has 0 aliphatic rings. The van der Waals surface area contributed by atoms with E-state index in [1.807, 2.05) is 30.3 Å². The number of hydrogen-bond donors (Lipinski definition) is 1. The van der Waals surface area contributed by atoms with Crippen molar-refractivity contribution in [2.24, 2.45) is 5.73 Å². The maximum atomic E-state index is 5.86. The summed E-state index contributed by atoms with van der Waals surface area (Å²) in [5.74, 6) is 2.34. The molecule has 2 nitrogen and oxygen atoms in total. The van der Waals surface area contributed by atoms with Gasteiger partial charge in [-0.1, -0.05) is 37.3 Å². The van der Waals surface area contributed by atoms with Crippen LogP contribution < -0.4 is 10.5 Å². The van der Waals surface area contributed by atoms with E-state index < -0.39 is 0 Å². The maximum absolute atomic E-state index is 5.86. The molecule has 2 aromatic rings. The van der Waals surface area contributed by atoms with Gasteiger partial charge >= 0.3 is 0 Å². The summed E-state index contributed by atoms with van der Waals surface area (Å²) < 4.78 is 5.82. The molecule has 2 atom stereocenters. The standard InChI is InChI=1S/C19H25NO/c1-3-16(10-9-15(2)20)17-11-13-19(14-12-17)21-18-7-5-4-6-8-18/h4-8,11-16H,3,9-10,20H2,1-2H3. The SMILES string of the molecule is CCC(CCC(C)N)c1ccc(Oc2ccccc2)cc1. The van der Waals surface area contributed by atoms with E-state index >= 15 is 0 Å². The monoisotopic (exact) mass is 283 g/mol. The Labute approximate surface area is 127 Å². The van der Waals surface area contributed by atoms with Crippen molar-refractivity contribution in [1.82, 2.24) is 0 Å². The lowest BCUT2D eigenvalue weighted by molar-refractivity contribution is 0.481. The number of rotatable bonds is 7. The number of benzene rings is 2. The first-order valence-corrected chi connectivity index (χ1v) is 7.77. The largest absolute Gasteiger partial charge is 0.457 e. The minimum atomic E-state index is 0.278. The third-order valence-corrected chi connectivity index (χ3v) is 3.79. The van der Waals surface area contributed by atoms with Crippen molar-refractivity contribution < 1.29 is 4.74 Å². The summed E-state index contributed by atoms with van der Waals surface area (Å²) in [6.07, 6.45) is 3.36. The lowest BCUT2D eigenvalue weighted by atomic mass is 9.90. The van der Waals surface area contributed by atoms with Gasteiger partial charge in [0.2, 0.25) is 0 Å². The second kappa shape index (κ2) is 7.84. The second-order valence-corrected chi connectivity index (χ2v) is 5.64. The van der Waals surface area contributed by atoms with E-state index in [-0.39, 0.29) is 6.04 Å². The van der Waals surface area contributed by atoms with Crippen molar-refractivity contribution in [2.75, 3.05) is 0 Å². The van der Waals surface area contributed by atoms with Crippen LogP contribution in [0.3, 0.4) is 0 Å². The molecule has 0 fully saturated rings. The lowest BCUT2D eigenvalue weighted by Gasteiger charge is -2.17. The molecule has 0 bridgehead atoms.